The highest BCUT2D eigenvalue weighted by molar-refractivity contribution is 6.21. The molecular formula is C13H12N4O2. The molecule has 0 aliphatic carbocycles. The molecule has 2 heterocycles. The molecule has 0 N–H and O–H groups in total. The fourth-order valence-electron chi connectivity index (χ4n) is 2.11. The van der Waals surface area contributed by atoms with Crippen molar-refractivity contribution >= 4 is 11.8 Å². The number of nitrogens with zero attached hydrogens (tertiary/aromatic N) is 4. The van der Waals surface area contributed by atoms with Gasteiger partial charge >= 0.3 is 0 Å². The highest BCUT2D eigenvalue weighted by Crippen LogP contribution is 2.23. The summed E-state index contributed by atoms with van der Waals surface area (Å²) in [4.78, 5) is 25.5. The Bertz CT molecular complexity index is 627. The first-order chi connectivity index (χ1) is 9.20. The Balaban J connectivity index is 1.88. The molecule has 0 atom stereocenters. The molecule has 2 amide bonds. The van der Waals surface area contributed by atoms with Gasteiger partial charge in [0.05, 0.1) is 23.9 Å². The Labute approximate surface area is 109 Å². The average molecular weight is 256 g/mol. The van der Waals surface area contributed by atoms with Crippen molar-refractivity contribution in [2.75, 3.05) is 0 Å². The van der Waals surface area contributed by atoms with E-state index in [1.165, 1.54) is 4.90 Å². The molecule has 0 radical (unpaired) electrons. The summed E-state index contributed by atoms with van der Waals surface area (Å²) in [5, 5.41) is 7.84. The molecule has 1 aliphatic heterocycles. The van der Waals surface area contributed by atoms with Gasteiger partial charge in [0.1, 0.15) is 5.69 Å². The highest BCUT2D eigenvalue weighted by Gasteiger charge is 2.35. The average Bonchev–Trinajstić information content (AvgIpc) is 2.99. The summed E-state index contributed by atoms with van der Waals surface area (Å²) in [5.41, 5.74) is 1.52. The lowest BCUT2D eigenvalue weighted by Crippen LogP contribution is -2.29. The summed E-state index contributed by atoms with van der Waals surface area (Å²) >= 11 is 0. The van der Waals surface area contributed by atoms with Crippen LogP contribution in [-0.2, 0) is 13.1 Å². The van der Waals surface area contributed by atoms with Gasteiger partial charge in [-0.25, -0.2) is 0 Å². The minimum absolute atomic E-state index is 0.159. The molecule has 19 heavy (non-hydrogen) atoms. The Morgan fingerprint density at radius 1 is 1.11 bits per heavy atom. The molecule has 2 aromatic rings. The zero-order valence-electron chi connectivity index (χ0n) is 10.4. The lowest BCUT2D eigenvalue weighted by Gasteiger charge is -2.10. The first-order valence-corrected chi connectivity index (χ1v) is 6.05. The Hall–Kier alpha value is -2.50. The normalized spacial score (nSPS) is 14.1. The predicted octanol–water partition coefficient (Wildman–Crippen LogP) is 1.09. The van der Waals surface area contributed by atoms with E-state index in [9.17, 15) is 9.59 Å². The fraction of sp³-hybridized carbons (Fsp3) is 0.231. The fourth-order valence-corrected chi connectivity index (χ4v) is 2.11. The predicted molar refractivity (Wildman–Crippen MR) is 66.3 cm³/mol. The highest BCUT2D eigenvalue weighted by atomic mass is 16.2. The minimum Gasteiger partial charge on any atom is -0.269 e. The molecule has 0 saturated heterocycles. The van der Waals surface area contributed by atoms with Gasteiger partial charge in [-0.1, -0.05) is 17.3 Å². The van der Waals surface area contributed by atoms with Crippen molar-refractivity contribution in [3.05, 3.63) is 47.3 Å². The number of carbonyl (C=O) groups excluding carboxylic acids is 2. The molecule has 1 aliphatic rings. The molecule has 0 spiro atoms. The van der Waals surface area contributed by atoms with Crippen LogP contribution in [0.4, 0.5) is 0 Å². The number of amides is 2. The van der Waals surface area contributed by atoms with Crippen LogP contribution in [0.25, 0.3) is 0 Å². The zero-order chi connectivity index (χ0) is 13.4. The summed E-state index contributed by atoms with van der Waals surface area (Å²) < 4.78 is 1.66. The maximum Gasteiger partial charge on any atom is 0.261 e. The van der Waals surface area contributed by atoms with E-state index >= 15 is 0 Å². The van der Waals surface area contributed by atoms with Crippen molar-refractivity contribution in [3.8, 4) is 0 Å². The third-order valence-electron chi connectivity index (χ3n) is 3.11. The molecule has 0 bridgehead atoms. The van der Waals surface area contributed by atoms with Crippen molar-refractivity contribution in [2.24, 2.45) is 0 Å². The molecule has 3 rings (SSSR count). The minimum atomic E-state index is -0.272. The van der Waals surface area contributed by atoms with Gasteiger partial charge in [-0.2, -0.15) is 0 Å². The number of benzene rings is 1. The van der Waals surface area contributed by atoms with E-state index in [1.54, 1.807) is 35.1 Å². The van der Waals surface area contributed by atoms with Crippen LogP contribution >= 0.6 is 0 Å². The Kier molecular flexibility index (Phi) is 2.63. The number of aryl methyl sites for hydroxylation is 1. The van der Waals surface area contributed by atoms with Crippen LogP contribution < -0.4 is 0 Å². The van der Waals surface area contributed by atoms with Gasteiger partial charge in [-0.05, 0) is 19.1 Å². The van der Waals surface area contributed by atoms with Gasteiger partial charge in [-0.3, -0.25) is 19.2 Å². The smallest absolute Gasteiger partial charge is 0.261 e. The quantitative estimate of drug-likeness (QED) is 0.771. The second-order valence-electron chi connectivity index (χ2n) is 4.31. The third kappa shape index (κ3) is 1.81. The molecule has 1 aromatic carbocycles. The molecule has 6 heteroatoms. The lowest BCUT2D eigenvalue weighted by molar-refractivity contribution is 0.0640. The van der Waals surface area contributed by atoms with Gasteiger partial charge in [0.25, 0.3) is 11.8 Å². The number of fused-ring (bicyclic) bond motifs is 1. The van der Waals surface area contributed by atoms with Gasteiger partial charge in [-0.15, -0.1) is 5.10 Å². The van der Waals surface area contributed by atoms with Crippen molar-refractivity contribution in [1.29, 1.82) is 0 Å². The van der Waals surface area contributed by atoms with Crippen LogP contribution in [0.15, 0.2) is 30.5 Å². The van der Waals surface area contributed by atoms with E-state index in [4.69, 9.17) is 0 Å². The summed E-state index contributed by atoms with van der Waals surface area (Å²) in [6, 6.07) is 6.83. The Morgan fingerprint density at radius 2 is 1.74 bits per heavy atom. The van der Waals surface area contributed by atoms with E-state index in [2.05, 4.69) is 10.3 Å². The van der Waals surface area contributed by atoms with Crippen LogP contribution in [0.3, 0.4) is 0 Å². The standard InChI is InChI=1S/C13H12N4O2/c1-2-16-7-9(14-15-16)8-17-12(18)10-5-3-4-6-11(10)13(17)19/h3-7H,2,8H2,1H3. The van der Waals surface area contributed by atoms with Gasteiger partial charge in [0.2, 0.25) is 0 Å². The summed E-state index contributed by atoms with van der Waals surface area (Å²) in [7, 11) is 0. The lowest BCUT2D eigenvalue weighted by atomic mass is 10.1. The van der Waals surface area contributed by atoms with E-state index in [1.807, 2.05) is 6.92 Å². The second-order valence-corrected chi connectivity index (χ2v) is 4.31. The Morgan fingerprint density at radius 3 is 2.26 bits per heavy atom. The van der Waals surface area contributed by atoms with Gasteiger partial charge < -0.3 is 0 Å². The number of hydrogen-bond acceptors (Lipinski definition) is 4. The maximum atomic E-state index is 12.1. The molecule has 96 valence electrons. The van der Waals surface area contributed by atoms with Gasteiger partial charge in [0, 0.05) is 6.54 Å². The molecule has 0 unspecified atom stereocenters. The van der Waals surface area contributed by atoms with Crippen LogP contribution in [0, 0.1) is 0 Å². The summed E-state index contributed by atoms with van der Waals surface area (Å²) in [6.45, 7) is 2.81. The van der Waals surface area contributed by atoms with Crippen LogP contribution in [0.2, 0.25) is 0 Å². The number of hydrogen-bond donors (Lipinski definition) is 0. The molecular weight excluding hydrogens is 244 g/mol. The largest absolute Gasteiger partial charge is 0.269 e. The molecule has 0 saturated carbocycles. The first-order valence-electron chi connectivity index (χ1n) is 6.05. The van der Waals surface area contributed by atoms with Crippen LogP contribution in [-0.4, -0.2) is 31.7 Å². The zero-order valence-corrected chi connectivity index (χ0v) is 10.4. The van der Waals surface area contributed by atoms with Crippen LogP contribution in [0.5, 0.6) is 0 Å². The van der Waals surface area contributed by atoms with Crippen molar-refractivity contribution in [1.82, 2.24) is 19.9 Å². The number of rotatable bonds is 3. The van der Waals surface area contributed by atoms with Crippen molar-refractivity contribution in [2.45, 2.75) is 20.0 Å². The van der Waals surface area contributed by atoms with Gasteiger partial charge in [0.15, 0.2) is 0 Å². The summed E-state index contributed by atoms with van der Waals surface area (Å²) in [6.07, 6.45) is 1.74. The van der Waals surface area contributed by atoms with Crippen LogP contribution in [0.1, 0.15) is 33.3 Å². The number of aromatic nitrogens is 3. The maximum absolute atomic E-state index is 12.1. The topological polar surface area (TPSA) is 68.1 Å². The monoisotopic (exact) mass is 256 g/mol. The molecule has 0 fully saturated rings. The molecule has 1 aromatic heterocycles. The van der Waals surface area contributed by atoms with E-state index in [-0.39, 0.29) is 18.4 Å². The number of carbonyl (C=O) groups is 2. The third-order valence-corrected chi connectivity index (χ3v) is 3.11. The van der Waals surface area contributed by atoms with Crippen molar-refractivity contribution < 1.29 is 9.59 Å². The SMILES string of the molecule is CCn1cc(CN2C(=O)c3ccccc3C2=O)nn1. The second kappa shape index (κ2) is 4.31. The molecule has 6 nitrogen and oxygen atoms in total. The van der Waals surface area contributed by atoms with E-state index in [0.717, 1.165) is 0 Å². The number of imide groups is 1. The first kappa shape index (κ1) is 11.6. The summed E-state index contributed by atoms with van der Waals surface area (Å²) in [5.74, 6) is -0.543. The van der Waals surface area contributed by atoms with Crippen molar-refractivity contribution in [3.63, 3.8) is 0 Å². The van der Waals surface area contributed by atoms with E-state index < -0.39 is 0 Å². The van der Waals surface area contributed by atoms with E-state index in [0.29, 0.717) is 23.4 Å².